The van der Waals surface area contributed by atoms with E-state index in [2.05, 4.69) is 0 Å². The molecule has 0 aliphatic rings. The molecular formula is C11H10F3NS. The van der Waals surface area contributed by atoms with Crippen LogP contribution in [0.3, 0.4) is 0 Å². The van der Waals surface area contributed by atoms with Gasteiger partial charge < -0.3 is 5.73 Å². The van der Waals surface area contributed by atoms with Crippen LogP contribution in [0.4, 0.5) is 13.2 Å². The molecule has 0 bridgehead atoms. The van der Waals surface area contributed by atoms with Crippen LogP contribution in [0.15, 0.2) is 29.6 Å². The summed E-state index contributed by atoms with van der Waals surface area (Å²) in [6, 6.07) is 6.37. The number of rotatable bonds is 2. The van der Waals surface area contributed by atoms with Gasteiger partial charge in [-0.15, -0.1) is 11.3 Å². The molecule has 0 aliphatic heterocycles. The molecule has 1 aromatic carbocycles. The van der Waals surface area contributed by atoms with Crippen LogP contribution < -0.4 is 5.73 Å². The molecule has 2 N–H and O–H groups in total. The number of fused-ring (bicyclic) bond motifs is 1. The average Bonchev–Trinajstić information content (AvgIpc) is 2.58. The molecule has 0 spiro atoms. The van der Waals surface area contributed by atoms with Crippen LogP contribution in [-0.4, -0.2) is 6.18 Å². The van der Waals surface area contributed by atoms with E-state index in [-0.39, 0.29) is 0 Å². The van der Waals surface area contributed by atoms with Crippen LogP contribution in [0.1, 0.15) is 18.0 Å². The van der Waals surface area contributed by atoms with Gasteiger partial charge in [0.2, 0.25) is 0 Å². The lowest BCUT2D eigenvalue weighted by Crippen LogP contribution is -2.19. The number of alkyl halides is 3. The van der Waals surface area contributed by atoms with Gasteiger partial charge in [0.05, 0.1) is 6.42 Å². The van der Waals surface area contributed by atoms with E-state index >= 15 is 0 Å². The quantitative estimate of drug-likeness (QED) is 0.854. The summed E-state index contributed by atoms with van der Waals surface area (Å²) in [6.45, 7) is 0. The standard InChI is InChI=1S/C11H10F3NS/c12-11(13,14)5-9(15)8-6-16-10-4-2-1-3-7(8)10/h1-4,6,9H,5,15H2/t9-/m0/s1. The fourth-order valence-electron chi connectivity index (χ4n) is 1.64. The SMILES string of the molecule is N[C@@H](CC(F)(F)F)c1csc2ccccc12. The van der Waals surface area contributed by atoms with Crippen molar-refractivity contribution in [3.8, 4) is 0 Å². The van der Waals surface area contributed by atoms with Crippen LogP contribution in [0.2, 0.25) is 0 Å². The molecule has 2 aromatic rings. The van der Waals surface area contributed by atoms with E-state index in [9.17, 15) is 13.2 Å². The second kappa shape index (κ2) is 4.07. The minimum absolute atomic E-state index is 0.581. The molecule has 2 rings (SSSR count). The topological polar surface area (TPSA) is 26.0 Å². The third-order valence-corrected chi connectivity index (χ3v) is 3.34. The predicted molar refractivity (Wildman–Crippen MR) is 59.4 cm³/mol. The molecule has 1 heterocycles. The van der Waals surface area contributed by atoms with Crippen LogP contribution in [0, 0.1) is 0 Å². The van der Waals surface area contributed by atoms with E-state index in [1.165, 1.54) is 11.3 Å². The molecule has 0 radical (unpaired) electrons. The zero-order valence-corrected chi connectivity index (χ0v) is 9.11. The Kier molecular flexibility index (Phi) is 2.90. The van der Waals surface area contributed by atoms with Gasteiger partial charge in [0.25, 0.3) is 0 Å². The molecular weight excluding hydrogens is 235 g/mol. The lowest BCUT2D eigenvalue weighted by Gasteiger charge is -2.13. The molecule has 1 atom stereocenters. The van der Waals surface area contributed by atoms with E-state index < -0.39 is 18.6 Å². The minimum atomic E-state index is -4.22. The Morgan fingerprint density at radius 2 is 1.94 bits per heavy atom. The van der Waals surface area contributed by atoms with Crippen LogP contribution >= 0.6 is 11.3 Å². The third-order valence-electron chi connectivity index (χ3n) is 2.36. The Morgan fingerprint density at radius 1 is 1.25 bits per heavy atom. The van der Waals surface area contributed by atoms with Crippen molar-refractivity contribution in [2.45, 2.75) is 18.6 Å². The van der Waals surface area contributed by atoms with Crippen molar-refractivity contribution in [3.63, 3.8) is 0 Å². The average molecular weight is 245 g/mol. The first-order valence-electron chi connectivity index (χ1n) is 4.76. The number of thiophene rings is 1. The summed E-state index contributed by atoms with van der Waals surface area (Å²) < 4.78 is 37.6. The fraction of sp³-hybridized carbons (Fsp3) is 0.273. The Labute approximate surface area is 94.7 Å². The molecule has 1 aromatic heterocycles. The van der Waals surface area contributed by atoms with Crippen LogP contribution in [0.25, 0.3) is 10.1 Å². The van der Waals surface area contributed by atoms with Gasteiger partial charge in [0.1, 0.15) is 0 Å². The zero-order chi connectivity index (χ0) is 11.8. The first kappa shape index (κ1) is 11.4. The summed E-state index contributed by atoms with van der Waals surface area (Å²) in [5.41, 5.74) is 6.16. The maximum absolute atomic E-state index is 12.2. The molecule has 0 amide bonds. The molecule has 5 heteroatoms. The van der Waals surface area contributed by atoms with Crippen molar-refractivity contribution in [2.24, 2.45) is 5.73 Å². The second-order valence-corrected chi connectivity index (χ2v) is 4.52. The van der Waals surface area contributed by atoms with Gasteiger partial charge in [0, 0.05) is 10.7 Å². The maximum Gasteiger partial charge on any atom is 0.390 e. The van der Waals surface area contributed by atoms with Crippen molar-refractivity contribution in [1.29, 1.82) is 0 Å². The Hall–Kier alpha value is -1.07. The molecule has 0 saturated carbocycles. The smallest absolute Gasteiger partial charge is 0.324 e. The highest BCUT2D eigenvalue weighted by Crippen LogP contribution is 2.34. The summed E-state index contributed by atoms with van der Waals surface area (Å²) in [7, 11) is 0. The summed E-state index contributed by atoms with van der Waals surface area (Å²) in [4.78, 5) is 0. The van der Waals surface area contributed by atoms with Gasteiger partial charge in [-0.2, -0.15) is 13.2 Å². The Balaban J connectivity index is 2.33. The first-order chi connectivity index (χ1) is 7.47. The number of benzene rings is 1. The van der Waals surface area contributed by atoms with Gasteiger partial charge in [0.15, 0.2) is 0 Å². The van der Waals surface area contributed by atoms with Crippen molar-refractivity contribution in [3.05, 3.63) is 35.2 Å². The lowest BCUT2D eigenvalue weighted by molar-refractivity contribution is -0.138. The summed E-state index contributed by atoms with van der Waals surface area (Å²) in [5.74, 6) is 0. The fourth-order valence-corrected chi connectivity index (χ4v) is 2.67. The van der Waals surface area contributed by atoms with Crippen molar-refractivity contribution >= 4 is 21.4 Å². The molecule has 0 aliphatic carbocycles. The van der Waals surface area contributed by atoms with Crippen LogP contribution in [0.5, 0.6) is 0 Å². The van der Waals surface area contributed by atoms with E-state index in [1.807, 2.05) is 12.1 Å². The normalized spacial score (nSPS) is 14.2. The summed E-state index contributed by atoms with van der Waals surface area (Å²) in [5, 5.41) is 2.53. The van der Waals surface area contributed by atoms with Crippen molar-refractivity contribution in [2.75, 3.05) is 0 Å². The molecule has 1 nitrogen and oxygen atoms in total. The van der Waals surface area contributed by atoms with Gasteiger partial charge in [-0.05, 0) is 22.4 Å². The molecule has 0 fully saturated rings. The highest BCUT2D eigenvalue weighted by molar-refractivity contribution is 7.17. The minimum Gasteiger partial charge on any atom is -0.324 e. The van der Waals surface area contributed by atoms with E-state index in [0.29, 0.717) is 5.56 Å². The van der Waals surface area contributed by atoms with Gasteiger partial charge in [-0.3, -0.25) is 0 Å². The highest BCUT2D eigenvalue weighted by atomic mass is 32.1. The van der Waals surface area contributed by atoms with E-state index in [0.717, 1.165) is 10.1 Å². The van der Waals surface area contributed by atoms with Crippen LogP contribution in [-0.2, 0) is 0 Å². The largest absolute Gasteiger partial charge is 0.390 e. The molecule has 86 valence electrons. The van der Waals surface area contributed by atoms with Crippen molar-refractivity contribution < 1.29 is 13.2 Å². The number of nitrogens with two attached hydrogens (primary N) is 1. The first-order valence-corrected chi connectivity index (χ1v) is 5.64. The lowest BCUT2D eigenvalue weighted by atomic mass is 10.0. The van der Waals surface area contributed by atoms with E-state index in [1.54, 1.807) is 17.5 Å². The molecule has 0 unspecified atom stereocenters. The summed E-state index contributed by atoms with van der Waals surface area (Å²) >= 11 is 1.42. The van der Waals surface area contributed by atoms with E-state index in [4.69, 9.17) is 5.73 Å². The third kappa shape index (κ3) is 2.36. The zero-order valence-electron chi connectivity index (χ0n) is 8.29. The maximum atomic E-state index is 12.2. The Bertz CT molecular complexity index is 489. The second-order valence-electron chi connectivity index (χ2n) is 3.61. The highest BCUT2D eigenvalue weighted by Gasteiger charge is 2.31. The van der Waals surface area contributed by atoms with Gasteiger partial charge in [-0.25, -0.2) is 0 Å². The van der Waals surface area contributed by atoms with Gasteiger partial charge >= 0.3 is 6.18 Å². The molecule has 0 saturated heterocycles. The predicted octanol–water partition coefficient (Wildman–Crippen LogP) is 3.85. The summed E-state index contributed by atoms with van der Waals surface area (Å²) in [6.07, 6.45) is -5.20. The van der Waals surface area contributed by atoms with Gasteiger partial charge in [-0.1, -0.05) is 18.2 Å². The number of hydrogen-bond donors (Lipinski definition) is 1. The number of hydrogen-bond acceptors (Lipinski definition) is 2. The monoisotopic (exact) mass is 245 g/mol. The Morgan fingerprint density at radius 3 is 2.62 bits per heavy atom. The van der Waals surface area contributed by atoms with Crippen molar-refractivity contribution in [1.82, 2.24) is 0 Å². The number of halogens is 3. The molecule has 16 heavy (non-hydrogen) atoms.